The van der Waals surface area contributed by atoms with Crippen LogP contribution in [0.25, 0.3) is 0 Å². The number of nitrogens with zero attached hydrogens (tertiary/aromatic N) is 2. The summed E-state index contributed by atoms with van der Waals surface area (Å²) in [7, 11) is 0. The zero-order valence-corrected chi connectivity index (χ0v) is 10.1. The lowest BCUT2D eigenvalue weighted by molar-refractivity contribution is 0.375. The fourth-order valence-corrected chi connectivity index (χ4v) is 1.57. The number of halogens is 1. The molecule has 0 atom stereocenters. The molecule has 0 saturated heterocycles. The van der Waals surface area contributed by atoms with E-state index in [4.69, 9.17) is 4.74 Å². The first-order valence-electron chi connectivity index (χ1n) is 5.56. The van der Waals surface area contributed by atoms with Crippen molar-refractivity contribution in [1.82, 2.24) is 9.55 Å². The van der Waals surface area contributed by atoms with Gasteiger partial charge in [0.1, 0.15) is 0 Å². The molecule has 17 heavy (non-hydrogen) atoms. The molecule has 0 amide bonds. The second kappa shape index (κ2) is 4.57. The van der Waals surface area contributed by atoms with Crippen LogP contribution in [0.15, 0.2) is 30.5 Å². The van der Waals surface area contributed by atoms with Crippen LogP contribution in [0.1, 0.15) is 25.6 Å². The second-order valence-corrected chi connectivity index (χ2v) is 4.20. The van der Waals surface area contributed by atoms with Crippen molar-refractivity contribution >= 4 is 0 Å². The topological polar surface area (TPSA) is 27.1 Å². The molecular weight excluding hydrogens is 219 g/mol. The van der Waals surface area contributed by atoms with Crippen LogP contribution >= 0.6 is 0 Å². The number of rotatable bonds is 3. The molecule has 4 heteroatoms. The van der Waals surface area contributed by atoms with Crippen molar-refractivity contribution < 1.29 is 9.13 Å². The molecular formula is C13H15FN2O. The van der Waals surface area contributed by atoms with Crippen molar-refractivity contribution in [1.29, 1.82) is 0 Å². The van der Waals surface area contributed by atoms with Gasteiger partial charge in [-0.15, -0.1) is 0 Å². The third kappa shape index (κ3) is 2.46. The zero-order chi connectivity index (χ0) is 12.4. The van der Waals surface area contributed by atoms with E-state index in [9.17, 15) is 4.39 Å². The summed E-state index contributed by atoms with van der Waals surface area (Å²) in [5, 5.41) is 0. The van der Waals surface area contributed by atoms with Crippen molar-refractivity contribution in [3.05, 3.63) is 42.0 Å². The highest BCUT2D eigenvalue weighted by molar-refractivity contribution is 5.27. The molecule has 0 aliphatic rings. The monoisotopic (exact) mass is 234 g/mol. The Hall–Kier alpha value is -1.84. The van der Waals surface area contributed by atoms with Crippen LogP contribution in [0.4, 0.5) is 4.39 Å². The third-order valence-corrected chi connectivity index (χ3v) is 2.41. The molecule has 0 unspecified atom stereocenters. The standard InChI is InChI=1S/C13H15FN2O/c1-9(2)16-8-10(3)15-13(16)17-12-7-5-4-6-11(12)14/h4-9H,1-3H3. The molecule has 0 saturated carbocycles. The van der Waals surface area contributed by atoms with Gasteiger partial charge in [0.05, 0.1) is 5.69 Å². The average Bonchev–Trinajstić information content (AvgIpc) is 2.63. The highest BCUT2D eigenvalue weighted by Gasteiger charge is 2.12. The van der Waals surface area contributed by atoms with Gasteiger partial charge in [0, 0.05) is 12.2 Å². The Morgan fingerprint density at radius 3 is 2.65 bits per heavy atom. The highest BCUT2D eigenvalue weighted by atomic mass is 19.1. The summed E-state index contributed by atoms with van der Waals surface area (Å²) in [6.07, 6.45) is 1.89. The molecule has 0 N–H and O–H groups in total. The summed E-state index contributed by atoms with van der Waals surface area (Å²) >= 11 is 0. The Labute approximate surface area is 99.9 Å². The van der Waals surface area contributed by atoms with E-state index in [-0.39, 0.29) is 17.6 Å². The lowest BCUT2D eigenvalue weighted by Gasteiger charge is -2.11. The van der Waals surface area contributed by atoms with Crippen LogP contribution in [-0.2, 0) is 0 Å². The van der Waals surface area contributed by atoms with Crippen LogP contribution in [0, 0.1) is 12.7 Å². The molecule has 0 radical (unpaired) electrons. The first kappa shape index (κ1) is 11.6. The van der Waals surface area contributed by atoms with Gasteiger partial charge in [-0.05, 0) is 32.9 Å². The summed E-state index contributed by atoms with van der Waals surface area (Å²) in [5.41, 5.74) is 0.852. The summed E-state index contributed by atoms with van der Waals surface area (Å²) in [6, 6.07) is 6.95. The molecule has 1 aromatic carbocycles. The van der Waals surface area contributed by atoms with Crippen molar-refractivity contribution in [2.75, 3.05) is 0 Å². The predicted octanol–water partition coefficient (Wildman–Crippen LogP) is 3.70. The Morgan fingerprint density at radius 1 is 1.29 bits per heavy atom. The van der Waals surface area contributed by atoms with Crippen LogP contribution in [0.5, 0.6) is 11.8 Å². The van der Waals surface area contributed by atoms with Crippen LogP contribution < -0.4 is 4.74 Å². The van der Waals surface area contributed by atoms with E-state index >= 15 is 0 Å². The first-order valence-corrected chi connectivity index (χ1v) is 5.56. The van der Waals surface area contributed by atoms with Gasteiger partial charge in [0.25, 0.3) is 0 Å². The Balaban J connectivity index is 2.33. The predicted molar refractivity (Wildman–Crippen MR) is 63.8 cm³/mol. The Morgan fingerprint density at radius 2 is 2.00 bits per heavy atom. The summed E-state index contributed by atoms with van der Waals surface area (Å²) in [6.45, 7) is 5.93. The second-order valence-electron chi connectivity index (χ2n) is 4.20. The molecule has 0 aliphatic heterocycles. The number of hydrogen-bond donors (Lipinski definition) is 0. The lowest BCUT2D eigenvalue weighted by Crippen LogP contribution is -2.02. The molecule has 2 aromatic rings. The van der Waals surface area contributed by atoms with Crippen molar-refractivity contribution in [2.24, 2.45) is 0 Å². The minimum atomic E-state index is -0.386. The molecule has 3 nitrogen and oxygen atoms in total. The van der Waals surface area contributed by atoms with E-state index in [2.05, 4.69) is 4.98 Å². The number of para-hydroxylation sites is 1. The summed E-state index contributed by atoms with van der Waals surface area (Å²) in [5.74, 6) is -0.191. The number of ether oxygens (including phenoxy) is 1. The Bertz CT molecular complexity index is 520. The largest absolute Gasteiger partial charge is 0.422 e. The van der Waals surface area contributed by atoms with Gasteiger partial charge in [0.2, 0.25) is 0 Å². The summed E-state index contributed by atoms with van der Waals surface area (Å²) < 4.78 is 20.8. The molecule has 0 bridgehead atoms. The number of imidazole rings is 1. The van der Waals surface area contributed by atoms with E-state index in [0.29, 0.717) is 6.01 Å². The molecule has 0 aliphatic carbocycles. The molecule has 90 valence electrons. The summed E-state index contributed by atoms with van der Waals surface area (Å²) in [4.78, 5) is 4.24. The SMILES string of the molecule is Cc1cn(C(C)C)c(Oc2ccccc2F)n1. The van der Waals surface area contributed by atoms with Gasteiger partial charge in [-0.1, -0.05) is 12.1 Å². The zero-order valence-electron chi connectivity index (χ0n) is 10.1. The number of aromatic nitrogens is 2. The smallest absolute Gasteiger partial charge is 0.302 e. The van der Waals surface area contributed by atoms with E-state index < -0.39 is 0 Å². The third-order valence-electron chi connectivity index (χ3n) is 2.41. The number of benzene rings is 1. The fraction of sp³-hybridized carbons (Fsp3) is 0.308. The van der Waals surface area contributed by atoms with Crippen molar-refractivity contribution in [2.45, 2.75) is 26.8 Å². The lowest BCUT2D eigenvalue weighted by atomic mass is 10.3. The van der Waals surface area contributed by atoms with Gasteiger partial charge in [-0.2, -0.15) is 0 Å². The van der Waals surface area contributed by atoms with E-state index in [0.717, 1.165) is 5.69 Å². The maximum absolute atomic E-state index is 13.5. The molecule has 0 spiro atoms. The average molecular weight is 234 g/mol. The first-order chi connectivity index (χ1) is 8.08. The van der Waals surface area contributed by atoms with E-state index in [1.165, 1.54) is 6.07 Å². The van der Waals surface area contributed by atoms with Crippen molar-refractivity contribution in [3.63, 3.8) is 0 Å². The van der Waals surface area contributed by atoms with Crippen LogP contribution in [0.2, 0.25) is 0 Å². The van der Waals surface area contributed by atoms with Crippen LogP contribution in [-0.4, -0.2) is 9.55 Å². The van der Waals surface area contributed by atoms with Gasteiger partial charge in [-0.3, -0.25) is 4.57 Å². The minimum absolute atomic E-state index is 0.194. The molecule has 0 fully saturated rings. The van der Waals surface area contributed by atoms with Gasteiger partial charge in [-0.25, -0.2) is 9.37 Å². The number of hydrogen-bond acceptors (Lipinski definition) is 2. The van der Waals surface area contributed by atoms with E-state index in [1.54, 1.807) is 18.2 Å². The van der Waals surface area contributed by atoms with Crippen LogP contribution in [0.3, 0.4) is 0 Å². The molecule has 1 aromatic heterocycles. The Kier molecular flexibility index (Phi) is 3.13. The molecule has 1 heterocycles. The fourth-order valence-electron chi connectivity index (χ4n) is 1.57. The minimum Gasteiger partial charge on any atom is -0.422 e. The maximum Gasteiger partial charge on any atom is 0.302 e. The normalized spacial score (nSPS) is 10.9. The maximum atomic E-state index is 13.5. The van der Waals surface area contributed by atoms with Gasteiger partial charge in [0.15, 0.2) is 11.6 Å². The highest BCUT2D eigenvalue weighted by Crippen LogP contribution is 2.25. The number of aryl methyl sites for hydroxylation is 1. The van der Waals surface area contributed by atoms with Crippen molar-refractivity contribution in [3.8, 4) is 11.8 Å². The molecule has 2 rings (SSSR count). The van der Waals surface area contributed by atoms with Gasteiger partial charge >= 0.3 is 6.01 Å². The van der Waals surface area contributed by atoms with E-state index in [1.807, 2.05) is 31.5 Å². The van der Waals surface area contributed by atoms with Gasteiger partial charge < -0.3 is 4.74 Å². The quantitative estimate of drug-likeness (QED) is 0.809.